The van der Waals surface area contributed by atoms with Gasteiger partial charge in [0, 0.05) is 0 Å². The summed E-state index contributed by atoms with van der Waals surface area (Å²) < 4.78 is 0. The maximum absolute atomic E-state index is 9.11. The molecule has 1 heteroatoms. The molecule has 1 nitrogen and oxygen atoms in total. The van der Waals surface area contributed by atoms with Gasteiger partial charge in [-0.05, 0) is 37.8 Å². The lowest BCUT2D eigenvalue weighted by Crippen LogP contribution is -1.97. The van der Waals surface area contributed by atoms with Crippen LogP contribution < -0.4 is 0 Å². The van der Waals surface area contributed by atoms with Crippen molar-refractivity contribution >= 4 is 5.57 Å². The molecule has 0 saturated heterocycles. The Morgan fingerprint density at radius 2 is 2.00 bits per heavy atom. The van der Waals surface area contributed by atoms with Gasteiger partial charge < -0.3 is 5.11 Å². The molecule has 0 heterocycles. The van der Waals surface area contributed by atoms with Crippen molar-refractivity contribution in [3.05, 3.63) is 42.0 Å². The number of hydrogen-bond acceptors (Lipinski definition) is 1. The molecule has 1 aromatic carbocycles. The predicted molar refractivity (Wildman–Crippen MR) is 61.0 cm³/mol. The molecular weight excluding hydrogens is 172 g/mol. The fourth-order valence-corrected chi connectivity index (χ4v) is 1.36. The summed E-state index contributed by atoms with van der Waals surface area (Å²) in [6.07, 6.45) is 3.76. The summed E-state index contributed by atoms with van der Waals surface area (Å²) >= 11 is 0. The molecular formula is C13H18O. The Bertz CT molecular complexity index is 285. The van der Waals surface area contributed by atoms with Gasteiger partial charge in [0.05, 0.1) is 6.10 Å². The zero-order chi connectivity index (χ0) is 10.4. The molecule has 0 amide bonds. The zero-order valence-corrected chi connectivity index (χ0v) is 8.90. The number of rotatable bonds is 4. The van der Waals surface area contributed by atoms with E-state index >= 15 is 0 Å². The van der Waals surface area contributed by atoms with Gasteiger partial charge >= 0.3 is 0 Å². The van der Waals surface area contributed by atoms with Gasteiger partial charge in [-0.2, -0.15) is 0 Å². The minimum absolute atomic E-state index is 0.199. The van der Waals surface area contributed by atoms with Crippen molar-refractivity contribution in [1.82, 2.24) is 0 Å². The van der Waals surface area contributed by atoms with E-state index in [4.69, 9.17) is 5.11 Å². The highest BCUT2D eigenvalue weighted by molar-refractivity contribution is 5.63. The first-order valence-corrected chi connectivity index (χ1v) is 5.10. The van der Waals surface area contributed by atoms with Crippen LogP contribution in [0.2, 0.25) is 0 Å². The van der Waals surface area contributed by atoms with E-state index in [0.717, 1.165) is 12.8 Å². The Morgan fingerprint density at radius 1 is 1.36 bits per heavy atom. The van der Waals surface area contributed by atoms with Crippen molar-refractivity contribution in [2.24, 2.45) is 0 Å². The number of hydrogen-bond donors (Lipinski definition) is 1. The van der Waals surface area contributed by atoms with E-state index in [1.165, 1.54) is 11.1 Å². The van der Waals surface area contributed by atoms with Crippen LogP contribution in [-0.2, 0) is 0 Å². The maximum atomic E-state index is 9.11. The van der Waals surface area contributed by atoms with E-state index in [1.54, 1.807) is 0 Å². The van der Waals surface area contributed by atoms with Crippen molar-refractivity contribution in [3.8, 4) is 0 Å². The average Bonchev–Trinajstić information content (AvgIpc) is 2.18. The Kier molecular flexibility index (Phi) is 4.41. The van der Waals surface area contributed by atoms with Crippen LogP contribution in [-0.4, -0.2) is 11.2 Å². The number of allylic oxidation sites excluding steroid dienone is 2. The molecule has 0 aliphatic rings. The summed E-state index contributed by atoms with van der Waals surface area (Å²) in [6, 6.07) is 10.3. The second-order valence-corrected chi connectivity index (χ2v) is 3.68. The molecule has 0 aromatic heterocycles. The molecule has 0 saturated carbocycles. The third kappa shape index (κ3) is 3.75. The van der Waals surface area contributed by atoms with E-state index in [2.05, 4.69) is 25.1 Å². The molecule has 0 bridgehead atoms. The Hall–Kier alpha value is -1.08. The highest BCUT2D eigenvalue weighted by Gasteiger charge is 1.95. The van der Waals surface area contributed by atoms with Crippen LogP contribution in [0.3, 0.4) is 0 Å². The summed E-state index contributed by atoms with van der Waals surface area (Å²) in [5, 5.41) is 9.11. The van der Waals surface area contributed by atoms with Crippen LogP contribution in [0.5, 0.6) is 0 Å². The average molecular weight is 190 g/mol. The topological polar surface area (TPSA) is 20.2 Å². The molecule has 0 unspecified atom stereocenters. The lowest BCUT2D eigenvalue weighted by molar-refractivity contribution is 0.186. The smallest absolute Gasteiger partial charge is 0.0515 e. The van der Waals surface area contributed by atoms with E-state index in [9.17, 15) is 0 Å². The second kappa shape index (κ2) is 5.61. The molecule has 0 aliphatic heterocycles. The lowest BCUT2D eigenvalue weighted by Gasteiger charge is -2.03. The number of benzene rings is 1. The first-order chi connectivity index (χ1) is 6.70. The van der Waals surface area contributed by atoms with Gasteiger partial charge in [-0.25, -0.2) is 0 Å². The Labute approximate surface area is 86.1 Å². The summed E-state index contributed by atoms with van der Waals surface area (Å²) in [5.74, 6) is 0. The first-order valence-electron chi connectivity index (χ1n) is 5.10. The molecule has 0 radical (unpaired) electrons. The standard InChI is InChI=1S/C13H18O/c1-11(7-6-8-12(2)14)13-9-4-3-5-10-13/h3-5,7,9-10,12,14H,6,8H2,1-2H3/b11-7+/t12-/m1/s1. The van der Waals surface area contributed by atoms with Crippen LogP contribution in [0.15, 0.2) is 36.4 Å². The maximum Gasteiger partial charge on any atom is 0.0515 e. The highest BCUT2D eigenvalue weighted by atomic mass is 16.3. The van der Waals surface area contributed by atoms with E-state index < -0.39 is 0 Å². The van der Waals surface area contributed by atoms with Crippen molar-refractivity contribution in [2.75, 3.05) is 0 Å². The zero-order valence-electron chi connectivity index (χ0n) is 8.90. The van der Waals surface area contributed by atoms with Crippen LogP contribution in [0.1, 0.15) is 32.3 Å². The van der Waals surface area contributed by atoms with Crippen molar-refractivity contribution in [1.29, 1.82) is 0 Å². The molecule has 14 heavy (non-hydrogen) atoms. The normalized spacial score (nSPS) is 14.1. The van der Waals surface area contributed by atoms with E-state index in [0.29, 0.717) is 0 Å². The van der Waals surface area contributed by atoms with Crippen molar-refractivity contribution in [3.63, 3.8) is 0 Å². The molecule has 76 valence electrons. The first kappa shape index (κ1) is 11.0. The molecule has 0 spiro atoms. The number of aliphatic hydroxyl groups is 1. The van der Waals surface area contributed by atoms with Gasteiger partial charge in [-0.3, -0.25) is 0 Å². The minimum atomic E-state index is -0.199. The molecule has 1 aromatic rings. The third-order valence-electron chi connectivity index (χ3n) is 2.26. The third-order valence-corrected chi connectivity index (χ3v) is 2.26. The molecule has 1 N–H and O–H groups in total. The van der Waals surface area contributed by atoms with Gasteiger partial charge in [-0.1, -0.05) is 36.4 Å². The highest BCUT2D eigenvalue weighted by Crippen LogP contribution is 2.14. The summed E-state index contributed by atoms with van der Waals surface area (Å²) in [5.41, 5.74) is 2.55. The minimum Gasteiger partial charge on any atom is -0.393 e. The quantitative estimate of drug-likeness (QED) is 0.772. The van der Waals surface area contributed by atoms with Gasteiger partial charge in [0.15, 0.2) is 0 Å². The van der Waals surface area contributed by atoms with Crippen LogP contribution in [0, 0.1) is 0 Å². The van der Waals surface area contributed by atoms with Crippen molar-refractivity contribution in [2.45, 2.75) is 32.8 Å². The molecule has 0 fully saturated rings. The fourth-order valence-electron chi connectivity index (χ4n) is 1.36. The van der Waals surface area contributed by atoms with Gasteiger partial charge in [0.25, 0.3) is 0 Å². The van der Waals surface area contributed by atoms with Crippen LogP contribution in [0.4, 0.5) is 0 Å². The van der Waals surface area contributed by atoms with Gasteiger partial charge in [0.1, 0.15) is 0 Å². The van der Waals surface area contributed by atoms with Gasteiger partial charge in [0.2, 0.25) is 0 Å². The molecule has 1 atom stereocenters. The number of aliphatic hydroxyl groups excluding tert-OH is 1. The summed E-state index contributed by atoms with van der Waals surface area (Å²) in [4.78, 5) is 0. The van der Waals surface area contributed by atoms with Gasteiger partial charge in [-0.15, -0.1) is 0 Å². The SMILES string of the molecule is C/C(=C\CC[C@@H](C)O)c1ccccc1. The van der Waals surface area contributed by atoms with E-state index in [-0.39, 0.29) is 6.10 Å². The summed E-state index contributed by atoms with van der Waals surface area (Å²) in [6.45, 7) is 3.93. The second-order valence-electron chi connectivity index (χ2n) is 3.68. The van der Waals surface area contributed by atoms with Crippen LogP contribution in [0.25, 0.3) is 5.57 Å². The monoisotopic (exact) mass is 190 g/mol. The largest absolute Gasteiger partial charge is 0.393 e. The lowest BCUT2D eigenvalue weighted by atomic mass is 10.1. The Balaban J connectivity index is 2.53. The van der Waals surface area contributed by atoms with E-state index in [1.807, 2.05) is 25.1 Å². The summed E-state index contributed by atoms with van der Waals surface area (Å²) in [7, 11) is 0. The molecule has 1 rings (SSSR count). The fraction of sp³-hybridized carbons (Fsp3) is 0.385. The Morgan fingerprint density at radius 3 is 2.57 bits per heavy atom. The molecule has 0 aliphatic carbocycles. The predicted octanol–water partition coefficient (Wildman–Crippen LogP) is 3.25. The van der Waals surface area contributed by atoms with Crippen molar-refractivity contribution < 1.29 is 5.11 Å². The van der Waals surface area contributed by atoms with Crippen LogP contribution >= 0.6 is 0 Å².